The molecule has 0 fully saturated rings. The zero-order chi connectivity index (χ0) is 13.9. The van der Waals surface area contributed by atoms with Gasteiger partial charge in [0.05, 0.1) is 5.52 Å². The Kier molecular flexibility index (Phi) is 3.25. The summed E-state index contributed by atoms with van der Waals surface area (Å²) in [6, 6.07) is 17.2. The quantitative estimate of drug-likeness (QED) is 0.739. The van der Waals surface area contributed by atoms with E-state index < -0.39 is 0 Å². The smallest absolute Gasteiger partial charge is 0.189 e. The zero-order valence-corrected chi connectivity index (χ0v) is 11.1. The predicted octanol–water partition coefficient (Wildman–Crippen LogP) is 2.83. The molecule has 0 bridgehead atoms. The van der Waals surface area contributed by atoms with E-state index in [-0.39, 0.29) is 5.43 Å². The Morgan fingerprint density at radius 1 is 0.950 bits per heavy atom. The van der Waals surface area contributed by atoms with Crippen molar-refractivity contribution in [2.45, 2.75) is 13.0 Å². The molecule has 1 aromatic heterocycles. The highest BCUT2D eigenvalue weighted by atomic mass is 16.1. The lowest BCUT2D eigenvalue weighted by molar-refractivity contribution is 0.717. The Morgan fingerprint density at radius 3 is 2.55 bits per heavy atom. The van der Waals surface area contributed by atoms with E-state index in [0.717, 1.165) is 35.1 Å². The summed E-state index contributed by atoms with van der Waals surface area (Å²) in [5.41, 5.74) is 8.95. The van der Waals surface area contributed by atoms with Gasteiger partial charge in [0.1, 0.15) is 0 Å². The third-order valence-corrected chi connectivity index (χ3v) is 3.56. The van der Waals surface area contributed by atoms with Gasteiger partial charge in [0, 0.05) is 29.9 Å². The van der Waals surface area contributed by atoms with Crippen LogP contribution in [0.15, 0.2) is 65.6 Å². The van der Waals surface area contributed by atoms with Crippen molar-refractivity contribution in [3.8, 4) is 0 Å². The van der Waals surface area contributed by atoms with Crippen LogP contribution in [-0.4, -0.2) is 4.57 Å². The molecule has 0 radical (unpaired) electrons. The van der Waals surface area contributed by atoms with Crippen LogP contribution < -0.4 is 11.2 Å². The van der Waals surface area contributed by atoms with E-state index in [1.807, 2.05) is 54.7 Å². The Bertz CT molecular complexity index is 805. The molecule has 0 spiro atoms. The van der Waals surface area contributed by atoms with E-state index in [1.165, 1.54) is 0 Å². The molecule has 3 rings (SSSR count). The fourth-order valence-electron chi connectivity index (χ4n) is 2.46. The van der Waals surface area contributed by atoms with E-state index in [0.29, 0.717) is 0 Å². The molecule has 0 saturated carbocycles. The summed E-state index contributed by atoms with van der Waals surface area (Å²) in [4.78, 5) is 11.8. The maximum absolute atomic E-state index is 11.8. The second kappa shape index (κ2) is 5.21. The number of para-hydroxylation sites is 2. The summed E-state index contributed by atoms with van der Waals surface area (Å²) in [5.74, 6) is 0. The van der Waals surface area contributed by atoms with Crippen LogP contribution in [0.5, 0.6) is 0 Å². The van der Waals surface area contributed by atoms with Crippen LogP contribution in [0.25, 0.3) is 10.9 Å². The highest BCUT2D eigenvalue weighted by Crippen LogP contribution is 2.14. The van der Waals surface area contributed by atoms with Crippen molar-refractivity contribution in [1.29, 1.82) is 0 Å². The third kappa shape index (κ3) is 2.30. The summed E-state index contributed by atoms with van der Waals surface area (Å²) in [6.45, 7) is 0.801. The molecule has 2 N–H and O–H groups in total. The van der Waals surface area contributed by atoms with Crippen LogP contribution >= 0.6 is 0 Å². The number of aryl methyl sites for hydroxylation is 2. The third-order valence-electron chi connectivity index (χ3n) is 3.56. The van der Waals surface area contributed by atoms with Crippen molar-refractivity contribution in [3.05, 3.63) is 76.6 Å². The molecule has 0 aliphatic carbocycles. The van der Waals surface area contributed by atoms with Gasteiger partial charge >= 0.3 is 0 Å². The van der Waals surface area contributed by atoms with Crippen molar-refractivity contribution in [2.24, 2.45) is 0 Å². The maximum atomic E-state index is 11.8. The van der Waals surface area contributed by atoms with E-state index in [4.69, 9.17) is 5.73 Å². The van der Waals surface area contributed by atoms with Crippen molar-refractivity contribution in [2.75, 3.05) is 5.73 Å². The average molecular weight is 264 g/mol. The van der Waals surface area contributed by atoms with Crippen LogP contribution in [0.1, 0.15) is 5.56 Å². The lowest BCUT2D eigenvalue weighted by atomic mass is 10.1. The van der Waals surface area contributed by atoms with Gasteiger partial charge in [-0.1, -0.05) is 30.3 Å². The average Bonchev–Trinajstić information content (AvgIpc) is 2.48. The van der Waals surface area contributed by atoms with Gasteiger partial charge in [-0.15, -0.1) is 0 Å². The topological polar surface area (TPSA) is 48.0 Å². The molecule has 3 nitrogen and oxygen atoms in total. The molecule has 0 unspecified atom stereocenters. The molecule has 3 heteroatoms. The predicted molar refractivity (Wildman–Crippen MR) is 82.8 cm³/mol. The van der Waals surface area contributed by atoms with Crippen LogP contribution in [0.4, 0.5) is 5.69 Å². The largest absolute Gasteiger partial charge is 0.399 e. The molecule has 0 amide bonds. The van der Waals surface area contributed by atoms with Gasteiger partial charge in [0.25, 0.3) is 0 Å². The maximum Gasteiger partial charge on any atom is 0.189 e. The van der Waals surface area contributed by atoms with Gasteiger partial charge < -0.3 is 10.3 Å². The lowest BCUT2D eigenvalue weighted by Gasteiger charge is -2.11. The van der Waals surface area contributed by atoms with Crippen molar-refractivity contribution in [1.82, 2.24) is 4.57 Å². The Labute approximate surface area is 117 Å². The first kappa shape index (κ1) is 12.5. The van der Waals surface area contributed by atoms with Gasteiger partial charge in [-0.25, -0.2) is 0 Å². The van der Waals surface area contributed by atoms with E-state index >= 15 is 0 Å². The number of hydrogen-bond acceptors (Lipinski definition) is 2. The van der Waals surface area contributed by atoms with Gasteiger partial charge in [0.2, 0.25) is 0 Å². The molecule has 20 heavy (non-hydrogen) atoms. The molecule has 3 aromatic rings. The van der Waals surface area contributed by atoms with Crippen LogP contribution in [0, 0.1) is 0 Å². The zero-order valence-electron chi connectivity index (χ0n) is 11.1. The number of nitrogens with two attached hydrogens (primary N) is 1. The number of nitrogens with zero attached hydrogens (tertiary/aromatic N) is 1. The number of hydrogen-bond donors (Lipinski definition) is 1. The number of pyridine rings is 1. The minimum Gasteiger partial charge on any atom is -0.399 e. The van der Waals surface area contributed by atoms with Crippen LogP contribution in [0.3, 0.4) is 0 Å². The monoisotopic (exact) mass is 264 g/mol. The van der Waals surface area contributed by atoms with E-state index in [2.05, 4.69) is 4.57 Å². The minimum atomic E-state index is 0.0658. The fourth-order valence-corrected chi connectivity index (χ4v) is 2.46. The Balaban J connectivity index is 1.94. The summed E-state index contributed by atoms with van der Waals surface area (Å²) in [5, 5.41) is 0.760. The highest BCUT2D eigenvalue weighted by Gasteiger charge is 2.03. The molecule has 0 aliphatic heterocycles. The lowest BCUT2D eigenvalue weighted by Crippen LogP contribution is -2.09. The number of rotatable bonds is 3. The molecule has 2 aromatic carbocycles. The fraction of sp³-hybridized carbons (Fsp3) is 0.118. The summed E-state index contributed by atoms with van der Waals surface area (Å²) < 4.78 is 2.10. The molecule has 0 atom stereocenters. The standard InChI is InChI=1S/C17H16N2O/c18-15-7-3-1-5-13(15)9-11-19-12-10-17(20)14-6-2-4-8-16(14)19/h1-8,10,12H,9,11,18H2. The van der Waals surface area contributed by atoms with E-state index in [9.17, 15) is 4.79 Å². The summed E-state index contributed by atoms with van der Waals surface area (Å²) in [7, 11) is 0. The SMILES string of the molecule is Nc1ccccc1CCn1ccc(=O)c2ccccc21. The van der Waals surface area contributed by atoms with Gasteiger partial charge in [-0.2, -0.15) is 0 Å². The van der Waals surface area contributed by atoms with Gasteiger partial charge in [-0.05, 0) is 30.2 Å². The second-order valence-corrected chi connectivity index (χ2v) is 4.84. The molecular weight excluding hydrogens is 248 g/mol. The second-order valence-electron chi connectivity index (χ2n) is 4.84. The normalized spacial score (nSPS) is 10.8. The van der Waals surface area contributed by atoms with Gasteiger partial charge in [0.15, 0.2) is 5.43 Å². The van der Waals surface area contributed by atoms with Crippen LogP contribution in [-0.2, 0) is 13.0 Å². The minimum absolute atomic E-state index is 0.0658. The number of anilines is 1. The highest BCUT2D eigenvalue weighted by molar-refractivity contribution is 5.78. The van der Waals surface area contributed by atoms with Crippen LogP contribution in [0.2, 0.25) is 0 Å². The first-order valence-corrected chi connectivity index (χ1v) is 6.67. The van der Waals surface area contributed by atoms with E-state index in [1.54, 1.807) is 6.07 Å². The molecule has 0 aliphatic rings. The number of aromatic nitrogens is 1. The Morgan fingerprint density at radius 2 is 1.70 bits per heavy atom. The number of fused-ring (bicyclic) bond motifs is 1. The number of nitrogen functional groups attached to an aromatic ring is 1. The first-order valence-electron chi connectivity index (χ1n) is 6.67. The summed E-state index contributed by atoms with van der Waals surface area (Å²) in [6.07, 6.45) is 2.70. The Hall–Kier alpha value is -2.55. The summed E-state index contributed by atoms with van der Waals surface area (Å²) >= 11 is 0. The molecule has 100 valence electrons. The molecule has 1 heterocycles. The molecule has 0 saturated heterocycles. The molecular formula is C17H16N2O. The van der Waals surface area contributed by atoms with Gasteiger partial charge in [-0.3, -0.25) is 4.79 Å². The first-order chi connectivity index (χ1) is 9.75. The van der Waals surface area contributed by atoms with Crippen molar-refractivity contribution < 1.29 is 0 Å². The number of benzene rings is 2. The van der Waals surface area contributed by atoms with Crippen molar-refractivity contribution >= 4 is 16.6 Å². The van der Waals surface area contributed by atoms with Crippen molar-refractivity contribution in [3.63, 3.8) is 0 Å².